The van der Waals surface area contributed by atoms with Gasteiger partial charge in [0.15, 0.2) is 5.82 Å². The molecule has 2 rings (SSSR count). The van der Waals surface area contributed by atoms with Crippen LogP contribution in [-0.2, 0) is 4.74 Å². The lowest BCUT2D eigenvalue weighted by molar-refractivity contribution is 0.0657. The summed E-state index contributed by atoms with van der Waals surface area (Å²) in [7, 11) is 0. The van der Waals surface area contributed by atoms with Gasteiger partial charge in [0.1, 0.15) is 5.02 Å². The van der Waals surface area contributed by atoms with Gasteiger partial charge in [-0.15, -0.1) is 0 Å². The van der Waals surface area contributed by atoms with Crippen LogP contribution in [0.4, 0.5) is 11.8 Å². The van der Waals surface area contributed by atoms with Crippen LogP contribution in [0.3, 0.4) is 0 Å². The van der Waals surface area contributed by atoms with E-state index < -0.39 is 0 Å². The Morgan fingerprint density at radius 1 is 1.47 bits per heavy atom. The molecule has 0 aromatic carbocycles. The summed E-state index contributed by atoms with van der Waals surface area (Å²) in [6, 6.07) is 0. The summed E-state index contributed by atoms with van der Waals surface area (Å²) in [4.78, 5) is 8.13. The highest BCUT2D eigenvalue weighted by Crippen LogP contribution is 2.28. The van der Waals surface area contributed by atoms with Gasteiger partial charge < -0.3 is 10.1 Å². The number of hydrogen-bond donors (Lipinski definition) is 3. The third-order valence-corrected chi connectivity index (χ3v) is 3.17. The van der Waals surface area contributed by atoms with Crippen LogP contribution in [0.1, 0.15) is 19.8 Å². The minimum Gasteiger partial charge on any atom is -0.381 e. The van der Waals surface area contributed by atoms with Crippen molar-refractivity contribution in [3.63, 3.8) is 0 Å². The lowest BCUT2D eigenvalue weighted by Crippen LogP contribution is -2.41. The van der Waals surface area contributed by atoms with Crippen LogP contribution in [-0.4, -0.2) is 28.7 Å². The predicted molar refractivity (Wildman–Crippen MR) is 66.9 cm³/mol. The van der Waals surface area contributed by atoms with E-state index in [4.69, 9.17) is 22.2 Å². The Morgan fingerprint density at radius 3 is 2.82 bits per heavy atom. The molecule has 1 fully saturated rings. The number of nitrogens with one attached hydrogen (secondary N) is 2. The molecule has 7 heteroatoms. The number of nitrogen functional groups attached to an aromatic ring is 1. The monoisotopic (exact) mass is 257 g/mol. The van der Waals surface area contributed by atoms with Crippen molar-refractivity contribution < 1.29 is 4.74 Å². The van der Waals surface area contributed by atoms with Gasteiger partial charge in [-0.1, -0.05) is 11.6 Å². The van der Waals surface area contributed by atoms with Crippen molar-refractivity contribution in [2.75, 3.05) is 24.0 Å². The Kier molecular flexibility index (Phi) is 3.66. The molecule has 1 aliphatic heterocycles. The van der Waals surface area contributed by atoms with Crippen LogP contribution in [0, 0.1) is 0 Å². The zero-order chi connectivity index (χ0) is 12.3. The van der Waals surface area contributed by atoms with Crippen molar-refractivity contribution in [2.24, 2.45) is 5.84 Å². The smallest absolute Gasteiger partial charge is 0.239 e. The second-order valence-corrected chi connectivity index (χ2v) is 4.74. The first-order valence-electron chi connectivity index (χ1n) is 5.48. The Bertz CT molecular complexity index is 394. The van der Waals surface area contributed by atoms with Gasteiger partial charge in [0.25, 0.3) is 0 Å². The third-order valence-electron chi connectivity index (χ3n) is 2.89. The summed E-state index contributed by atoms with van der Waals surface area (Å²) in [5, 5.41) is 3.82. The molecule has 1 aromatic rings. The number of nitrogens with two attached hydrogens (primary N) is 1. The van der Waals surface area contributed by atoms with E-state index in [2.05, 4.69) is 27.6 Å². The number of nitrogens with zero attached hydrogens (tertiary/aromatic N) is 2. The fraction of sp³-hybridized carbons (Fsp3) is 0.600. The van der Waals surface area contributed by atoms with Crippen molar-refractivity contribution in [3.8, 4) is 0 Å². The van der Waals surface area contributed by atoms with Crippen LogP contribution in [0.25, 0.3) is 0 Å². The summed E-state index contributed by atoms with van der Waals surface area (Å²) in [6.45, 7) is 3.62. The molecule has 0 amide bonds. The average molecular weight is 258 g/mol. The standard InChI is InChI=1S/C10H16ClN5O/c1-10(2-4-17-5-3-10)15-8-7(11)6-13-9(14-8)16-12/h6H,2-5,12H2,1H3,(H2,13,14,15,16). The summed E-state index contributed by atoms with van der Waals surface area (Å²) < 4.78 is 5.34. The molecule has 0 atom stereocenters. The van der Waals surface area contributed by atoms with E-state index in [9.17, 15) is 0 Å². The molecule has 17 heavy (non-hydrogen) atoms. The highest BCUT2D eigenvalue weighted by Gasteiger charge is 2.28. The molecule has 94 valence electrons. The second-order valence-electron chi connectivity index (χ2n) is 4.33. The van der Waals surface area contributed by atoms with Crippen molar-refractivity contribution in [1.82, 2.24) is 9.97 Å². The average Bonchev–Trinajstić information content (AvgIpc) is 2.33. The lowest BCUT2D eigenvalue weighted by atomic mass is 9.92. The molecule has 0 spiro atoms. The maximum absolute atomic E-state index is 6.05. The minimum absolute atomic E-state index is 0.0535. The first-order chi connectivity index (χ1) is 8.13. The third kappa shape index (κ3) is 2.96. The summed E-state index contributed by atoms with van der Waals surface area (Å²) in [5.41, 5.74) is 2.35. The Morgan fingerprint density at radius 2 is 2.18 bits per heavy atom. The number of rotatable bonds is 3. The van der Waals surface area contributed by atoms with Gasteiger partial charge in [-0.2, -0.15) is 4.98 Å². The van der Waals surface area contributed by atoms with E-state index >= 15 is 0 Å². The summed E-state index contributed by atoms with van der Waals surface area (Å²) in [5.74, 6) is 6.21. The maximum Gasteiger partial charge on any atom is 0.239 e. The van der Waals surface area contributed by atoms with Crippen molar-refractivity contribution >= 4 is 23.4 Å². The second kappa shape index (κ2) is 5.03. The largest absolute Gasteiger partial charge is 0.381 e. The molecule has 4 N–H and O–H groups in total. The van der Waals surface area contributed by atoms with E-state index in [1.807, 2.05) is 0 Å². The van der Waals surface area contributed by atoms with Gasteiger partial charge >= 0.3 is 0 Å². The van der Waals surface area contributed by atoms with Crippen molar-refractivity contribution in [3.05, 3.63) is 11.2 Å². The van der Waals surface area contributed by atoms with Gasteiger partial charge in [-0.25, -0.2) is 10.8 Å². The number of ether oxygens (including phenoxy) is 1. The van der Waals surface area contributed by atoms with E-state index in [0.29, 0.717) is 16.8 Å². The van der Waals surface area contributed by atoms with Gasteiger partial charge in [0, 0.05) is 18.8 Å². The molecule has 1 aromatic heterocycles. The number of aromatic nitrogens is 2. The Labute approximate surface area is 105 Å². The molecule has 1 saturated heterocycles. The van der Waals surface area contributed by atoms with Crippen LogP contribution < -0.4 is 16.6 Å². The van der Waals surface area contributed by atoms with Gasteiger partial charge in [-0.3, -0.25) is 5.43 Å². The minimum atomic E-state index is -0.0535. The quantitative estimate of drug-likeness (QED) is 0.561. The molecule has 0 radical (unpaired) electrons. The normalized spacial score (nSPS) is 18.8. The number of hydrazine groups is 1. The maximum atomic E-state index is 6.05. The zero-order valence-electron chi connectivity index (χ0n) is 9.66. The van der Waals surface area contributed by atoms with Crippen molar-refractivity contribution in [2.45, 2.75) is 25.3 Å². The topological polar surface area (TPSA) is 85.1 Å². The molecule has 0 bridgehead atoms. The highest BCUT2D eigenvalue weighted by atomic mass is 35.5. The van der Waals surface area contributed by atoms with Gasteiger partial charge in [-0.05, 0) is 19.8 Å². The van der Waals surface area contributed by atoms with E-state index in [1.54, 1.807) is 0 Å². The van der Waals surface area contributed by atoms with Crippen LogP contribution in [0.15, 0.2) is 6.20 Å². The molecule has 0 saturated carbocycles. The number of anilines is 2. The van der Waals surface area contributed by atoms with E-state index in [0.717, 1.165) is 26.1 Å². The van der Waals surface area contributed by atoms with E-state index in [-0.39, 0.29) is 5.54 Å². The zero-order valence-corrected chi connectivity index (χ0v) is 10.4. The summed E-state index contributed by atoms with van der Waals surface area (Å²) in [6.07, 6.45) is 3.35. The molecule has 6 nitrogen and oxygen atoms in total. The highest BCUT2D eigenvalue weighted by molar-refractivity contribution is 6.32. The first-order valence-corrected chi connectivity index (χ1v) is 5.86. The molecule has 0 unspecified atom stereocenters. The fourth-order valence-corrected chi connectivity index (χ4v) is 1.90. The molecule has 0 aliphatic carbocycles. The summed E-state index contributed by atoms with van der Waals surface area (Å²) >= 11 is 6.05. The van der Waals surface area contributed by atoms with Crippen molar-refractivity contribution in [1.29, 1.82) is 0 Å². The van der Waals surface area contributed by atoms with Crippen LogP contribution in [0.2, 0.25) is 5.02 Å². The molecule has 1 aliphatic rings. The lowest BCUT2D eigenvalue weighted by Gasteiger charge is -2.35. The first kappa shape index (κ1) is 12.3. The SMILES string of the molecule is CC1(Nc2nc(NN)ncc2Cl)CCOCC1. The predicted octanol–water partition coefficient (Wildman–Crippen LogP) is 1.40. The Hall–Kier alpha value is -1.11. The molecular weight excluding hydrogens is 242 g/mol. The molecular formula is C10H16ClN5O. The van der Waals surface area contributed by atoms with Gasteiger partial charge in [0.2, 0.25) is 5.95 Å². The number of halogens is 1. The van der Waals surface area contributed by atoms with E-state index in [1.165, 1.54) is 6.20 Å². The Balaban J connectivity index is 2.16. The molecule has 2 heterocycles. The van der Waals surface area contributed by atoms with Crippen LogP contribution in [0.5, 0.6) is 0 Å². The fourth-order valence-electron chi connectivity index (χ4n) is 1.76. The van der Waals surface area contributed by atoms with Crippen LogP contribution >= 0.6 is 11.6 Å². The number of hydrogen-bond acceptors (Lipinski definition) is 6. The van der Waals surface area contributed by atoms with Gasteiger partial charge in [0.05, 0.1) is 6.20 Å².